The molecule has 9 atom stereocenters. The maximum atomic E-state index is 16.6. The first-order valence-electron chi connectivity index (χ1n) is 23.5. The lowest BCUT2D eigenvalue weighted by atomic mass is 10.0. The lowest BCUT2D eigenvalue weighted by molar-refractivity contribution is -0.137. The van der Waals surface area contributed by atoms with Crippen LogP contribution in [0.2, 0.25) is 0 Å². The molecule has 3 amide bonds. The number of ether oxygens (including phenoxy) is 4. The number of aromatic nitrogens is 2. The van der Waals surface area contributed by atoms with E-state index in [1.54, 1.807) is 24.8 Å². The highest BCUT2D eigenvalue weighted by atomic mass is 19.1. The Bertz CT molecular complexity index is 2500. The van der Waals surface area contributed by atoms with Crippen molar-refractivity contribution in [1.82, 2.24) is 30.4 Å². The third-order valence-corrected chi connectivity index (χ3v) is 14.9. The zero-order valence-electron chi connectivity index (χ0n) is 39.0. The average Bonchev–Trinajstić information content (AvgIpc) is 3.88. The maximum Gasteiger partial charge on any atom is 0.408 e. The Morgan fingerprint density at radius 1 is 0.806 bits per heavy atom. The first-order chi connectivity index (χ1) is 32.4. The summed E-state index contributed by atoms with van der Waals surface area (Å²) in [5, 5.41) is 12.8. The van der Waals surface area contributed by atoms with Gasteiger partial charge in [0, 0.05) is 27.3 Å². The molecule has 0 radical (unpaired) electrons. The predicted molar refractivity (Wildman–Crippen MR) is 249 cm³/mol. The number of carbonyl (C=O) groups excluding carboxylic acids is 4. The molecule has 0 spiro atoms. The Morgan fingerprint density at radius 3 is 2.19 bits per heavy atom. The van der Waals surface area contributed by atoms with E-state index < -0.39 is 36.1 Å². The van der Waals surface area contributed by atoms with Crippen molar-refractivity contribution in [1.29, 1.82) is 0 Å². The second-order valence-corrected chi connectivity index (χ2v) is 18.6. The predicted octanol–water partition coefficient (Wildman–Crippen LogP) is 7.00. The van der Waals surface area contributed by atoms with E-state index in [0.29, 0.717) is 36.9 Å². The summed E-state index contributed by atoms with van der Waals surface area (Å²) in [6, 6.07) is 16.4. The van der Waals surface area contributed by atoms with E-state index >= 15 is 4.39 Å². The van der Waals surface area contributed by atoms with E-state index in [1.807, 2.05) is 17.0 Å². The highest BCUT2D eigenvalue weighted by Gasteiger charge is 2.51. The van der Waals surface area contributed by atoms with Gasteiger partial charge in [-0.15, -0.1) is 0 Å². The highest BCUT2D eigenvalue weighted by molar-refractivity contribution is 5.87. The van der Waals surface area contributed by atoms with Crippen molar-refractivity contribution in [3.63, 3.8) is 0 Å². The third-order valence-electron chi connectivity index (χ3n) is 14.9. The second-order valence-electron chi connectivity index (χ2n) is 18.6. The number of aldehydes is 1. The quantitative estimate of drug-likeness (QED) is 0.0767. The standard InChI is InChI=1S/C49H62FN9O8/c1-27(64-3)43(55-47(62)66-5)46(61)57-21-7-9-41(57)44-51-34-16-13-31(24-36(34)53-44)38-19-20-39(59(38)40-18-15-30(23-33(40)50)29-11-12-29)32-14-17-35-37(25-32)54-45(52-35)42-10-8-22-58(42)49(26-60,28(2)65-4)56-48(63)67-6/h13-18,23-29,38-39,41-43,45,52,54H,7-12,19-22H2,1-6H3,(H,51,53)(H,55,62)(H,56,63)/t27-,28-,38+,39+,41+,42+,43+,45?,49-/m1/s1. The minimum atomic E-state index is -1.46. The van der Waals surface area contributed by atoms with Crippen LogP contribution in [0.15, 0.2) is 54.6 Å². The van der Waals surface area contributed by atoms with Crippen LogP contribution in [0.1, 0.15) is 112 Å². The smallest absolute Gasteiger partial charge is 0.408 e. The van der Waals surface area contributed by atoms with Crippen molar-refractivity contribution in [3.8, 4) is 0 Å². The molecule has 358 valence electrons. The van der Waals surface area contributed by atoms with Crippen LogP contribution in [0.5, 0.6) is 0 Å². The SMILES string of the molecule is COC(=O)N[C@H](C(=O)N1CCC[C@H]1c1nc2cc([C@@H]3CC[C@@H](c4ccc5c(c4)NC([C@@H]4CCCN4[C@@](C=O)(NC(=O)OC)[C@@H](C)OC)N5)N3c3ccc(C4CC4)cc3F)ccc2[nH]1)[C@@H](C)OC. The number of likely N-dealkylation sites (tertiary alicyclic amines) is 2. The van der Waals surface area contributed by atoms with Gasteiger partial charge in [-0.1, -0.05) is 18.2 Å². The molecule has 1 aromatic heterocycles. The van der Waals surface area contributed by atoms with Gasteiger partial charge in [-0.05, 0) is 124 Å². The van der Waals surface area contributed by atoms with Crippen molar-refractivity contribution in [2.45, 2.75) is 125 Å². The lowest BCUT2D eigenvalue weighted by Crippen LogP contribution is -2.70. The van der Waals surface area contributed by atoms with Crippen molar-refractivity contribution in [2.24, 2.45) is 0 Å². The number of alkyl carbamates (subject to hydrolysis) is 2. The fourth-order valence-electron chi connectivity index (χ4n) is 11.0. The lowest BCUT2D eigenvalue weighted by Gasteiger charge is -2.45. The summed E-state index contributed by atoms with van der Waals surface area (Å²) < 4.78 is 37.5. The summed E-state index contributed by atoms with van der Waals surface area (Å²) in [7, 11) is 5.53. The molecule has 5 aliphatic rings. The number of anilines is 3. The Morgan fingerprint density at radius 2 is 1.51 bits per heavy atom. The summed E-state index contributed by atoms with van der Waals surface area (Å²) in [5.74, 6) is 0.541. The molecule has 18 heteroatoms. The molecule has 4 fully saturated rings. The molecule has 67 heavy (non-hydrogen) atoms. The van der Waals surface area contributed by atoms with Crippen molar-refractivity contribution in [3.05, 3.63) is 82.9 Å². The van der Waals surface area contributed by atoms with Gasteiger partial charge in [-0.3, -0.25) is 19.8 Å². The molecule has 5 N–H and O–H groups in total. The maximum absolute atomic E-state index is 16.6. The molecule has 1 aliphatic carbocycles. The normalized spacial score (nSPS) is 24.9. The molecule has 0 bridgehead atoms. The van der Waals surface area contributed by atoms with Crippen molar-refractivity contribution < 1.29 is 42.5 Å². The molecule has 3 aromatic carbocycles. The van der Waals surface area contributed by atoms with Crippen molar-refractivity contribution in [2.75, 3.05) is 57.1 Å². The van der Waals surface area contributed by atoms with E-state index in [2.05, 4.69) is 67.5 Å². The summed E-state index contributed by atoms with van der Waals surface area (Å²) in [6.45, 7) is 4.55. The Kier molecular flexibility index (Phi) is 13.1. The number of hydrogen-bond acceptors (Lipinski definition) is 13. The number of imidazole rings is 1. The topological polar surface area (TPSA) is 192 Å². The number of fused-ring (bicyclic) bond motifs is 2. The monoisotopic (exact) mass is 923 g/mol. The number of carbonyl (C=O) groups is 4. The second kappa shape index (κ2) is 19.0. The van der Waals surface area contributed by atoms with Gasteiger partial charge in [0.2, 0.25) is 5.91 Å². The van der Waals surface area contributed by atoms with Gasteiger partial charge >= 0.3 is 12.2 Å². The van der Waals surface area contributed by atoms with Gasteiger partial charge in [0.1, 0.15) is 23.8 Å². The summed E-state index contributed by atoms with van der Waals surface area (Å²) in [5.41, 5.74) is 5.52. The summed E-state index contributed by atoms with van der Waals surface area (Å²) in [4.78, 5) is 66.2. The van der Waals surface area contributed by atoms with Crippen LogP contribution in [0, 0.1) is 5.82 Å². The molecule has 1 unspecified atom stereocenters. The van der Waals surface area contributed by atoms with E-state index in [-0.39, 0.29) is 42.1 Å². The highest BCUT2D eigenvalue weighted by Crippen LogP contribution is 2.50. The number of nitrogens with one attached hydrogen (secondary N) is 5. The van der Waals surface area contributed by atoms with Crippen LogP contribution in [-0.2, 0) is 28.5 Å². The molecule has 4 aromatic rings. The van der Waals surface area contributed by atoms with E-state index in [4.69, 9.17) is 23.9 Å². The van der Waals surface area contributed by atoms with Crippen LogP contribution in [0.25, 0.3) is 11.0 Å². The van der Waals surface area contributed by atoms with Crippen LogP contribution in [0.4, 0.5) is 31.0 Å². The molecular weight excluding hydrogens is 862 g/mol. The van der Waals surface area contributed by atoms with Crippen LogP contribution < -0.4 is 26.2 Å². The number of aromatic amines is 1. The number of amides is 3. The third kappa shape index (κ3) is 8.63. The van der Waals surface area contributed by atoms with Gasteiger partial charge in [-0.2, -0.15) is 0 Å². The van der Waals surface area contributed by atoms with Gasteiger partial charge in [0.25, 0.3) is 0 Å². The Balaban J connectivity index is 0.996. The number of methoxy groups -OCH3 is 4. The first kappa shape index (κ1) is 46.1. The van der Waals surface area contributed by atoms with Crippen LogP contribution in [0.3, 0.4) is 0 Å². The van der Waals surface area contributed by atoms with Crippen LogP contribution >= 0.6 is 0 Å². The molecule has 5 heterocycles. The van der Waals surface area contributed by atoms with E-state index in [0.717, 1.165) is 90.3 Å². The zero-order chi connectivity index (χ0) is 47.1. The number of H-pyrrole nitrogens is 1. The minimum Gasteiger partial charge on any atom is -0.453 e. The number of halogens is 1. The van der Waals surface area contributed by atoms with Gasteiger partial charge in [0.05, 0.1) is 78.7 Å². The van der Waals surface area contributed by atoms with Gasteiger partial charge in [0.15, 0.2) is 11.9 Å². The largest absolute Gasteiger partial charge is 0.453 e. The van der Waals surface area contributed by atoms with Crippen molar-refractivity contribution >= 4 is 52.5 Å². The molecular formula is C49H62FN9O8. The minimum absolute atomic E-state index is 0.167. The molecule has 17 nitrogen and oxygen atoms in total. The van der Waals surface area contributed by atoms with Crippen LogP contribution in [-0.4, -0.2) is 122 Å². The Labute approximate surface area is 389 Å². The van der Waals surface area contributed by atoms with E-state index in [9.17, 15) is 19.2 Å². The summed E-state index contributed by atoms with van der Waals surface area (Å²) >= 11 is 0. The van der Waals surface area contributed by atoms with Gasteiger partial charge < -0.3 is 49.7 Å². The zero-order valence-corrected chi connectivity index (χ0v) is 39.0. The number of benzene rings is 3. The van der Waals surface area contributed by atoms with E-state index in [1.165, 1.54) is 28.4 Å². The first-order valence-corrected chi connectivity index (χ1v) is 23.5. The molecule has 4 aliphatic heterocycles. The molecule has 1 saturated carbocycles. The molecule has 9 rings (SSSR count). The number of hydrogen-bond donors (Lipinski definition) is 5. The fraction of sp³-hybridized carbons (Fsp3) is 0.531. The Hall–Kier alpha value is -5.98. The fourth-order valence-corrected chi connectivity index (χ4v) is 11.0. The molecule has 3 saturated heterocycles. The average molecular weight is 924 g/mol. The number of nitrogens with zero attached hydrogens (tertiary/aromatic N) is 4. The van der Waals surface area contributed by atoms with Gasteiger partial charge in [-0.25, -0.2) is 19.0 Å². The number of rotatable bonds is 15. The summed E-state index contributed by atoms with van der Waals surface area (Å²) in [6.07, 6.45) is 4.44.